The molecule has 3 aromatic rings. The Balaban J connectivity index is 1.73. The van der Waals surface area contributed by atoms with Crippen LogP contribution < -0.4 is 9.64 Å². The number of para-hydroxylation sites is 1. The molecule has 0 radical (unpaired) electrons. The van der Waals surface area contributed by atoms with Crippen molar-refractivity contribution >= 4 is 46.4 Å². The van der Waals surface area contributed by atoms with Crippen molar-refractivity contribution in [3.63, 3.8) is 0 Å². The van der Waals surface area contributed by atoms with Crippen molar-refractivity contribution in [2.75, 3.05) is 4.90 Å². The molecule has 0 spiro atoms. The van der Waals surface area contributed by atoms with E-state index in [1.807, 2.05) is 0 Å². The monoisotopic (exact) mass is 397 g/mol. The van der Waals surface area contributed by atoms with Gasteiger partial charge in [0.05, 0.1) is 10.6 Å². The molecule has 5 nitrogen and oxygen atoms in total. The molecule has 0 fully saturated rings. The van der Waals surface area contributed by atoms with E-state index in [-0.39, 0.29) is 5.78 Å². The third-order valence-corrected chi connectivity index (χ3v) is 5.29. The fourth-order valence-electron chi connectivity index (χ4n) is 2.98. The molecule has 0 N–H and O–H groups in total. The van der Waals surface area contributed by atoms with Gasteiger partial charge < -0.3 is 4.74 Å². The lowest BCUT2D eigenvalue weighted by atomic mass is 9.95. The van der Waals surface area contributed by atoms with Crippen molar-refractivity contribution in [2.45, 2.75) is 5.92 Å². The van der Waals surface area contributed by atoms with E-state index in [0.717, 1.165) is 4.90 Å². The van der Waals surface area contributed by atoms with Crippen LogP contribution in [0.5, 0.6) is 5.75 Å². The number of halogens is 1. The number of Topliss-reactive ketones (excluding diaryl/α,β-unsaturated/α-hetero) is 1. The number of amides is 2. The minimum atomic E-state index is -1.12. The molecule has 1 aromatic heterocycles. The zero-order chi connectivity index (χ0) is 19.0. The summed E-state index contributed by atoms with van der Waals surface area (Å²) >= 11 is 7.31. The van der Waals surface area contributed by atoms with Crippen LogP contribution >= 0.6 is 22.9 Å². The van der Waals surface area contributed by atoms with Gasteiger partial charge in [-0.2, -0.15) is 0 Å². The van der Waals surface area contributed by atoms with Crippen molar-refractivity contribution in [3.05, 3.63) is 81.5 Å². The van der Waals surface area contributed by atoms with E-state index >= 15 is 0 Å². The summed E-state index contributed by atoms with van der Waals surface area (Å²) in [5.41, 5.74) is 0.705. The van der Waals surface area contributed by atoms with Gasteiger partial charge in [0.2, 0.25) is 0 Å². The van der Waals surface area contributed by atoms with Gasteiger partial charge in [-0.3, -0.25) is 9.59 Å². The normalized spacial score (nSPS) is 15.5. The summed E-state index contributed by atoms with van der Waals surface area (Å²) in [6, 6.07) is 16.5. The summed E-state index contributed by atoms with van der Waals surface area (Å²) < 4.78 is 5.30. The Kier molecular flexibility index (Phi) is 4.51. The zero-order valence-electron chi connectivity index (χ0n) is 13.8. The van der Waals surface area contributed by atoms with Gasteiger partial charge in [0.15, 0.2) is 5.78 Å². The largest absolute Gasteiger partial charge is 0.426 e. The van der Waals surface area contributed by atoms with Crippen molar-refractivity contribution in [3.8, 4) is 5.75 Å². The lowest BCUT2D eigenvalue weighted by Gasteiger charge is -2.15. The molecule has 27 heavy (non-hydrogen) atoms. The molecule has 2 heterocycles. The van der Waals surface area contributed by atoms with Crippen LogP contribution in [0.4, 0.5) is 10.5 Å². The fraction of sp³-hybridized carbons (Fsp3) is 0.0500. The number of nitrogens with zero attached hydrogens (tertiary/aromatic N) is 1. The molecule has 0 saturated heterocycles. The standard InChI is InChI=1S/C20H12ClNO4S/c21-12-8-9-15-14(11-12)17(18(23)16-7-4-10-27-16)19(24)22(15)20(25)26-13-5-2-1-3-6-13/h1-11,17H. The number of imide groups is 1. The lowest BCUT2D eigenvalue weighted by Crippen LogP contribution is -2.38. The highest BCUT2D eigenvalue weighted by atomic mass is 35.5. The summed E-state index contributed by atoms with van der Waals surface area (Å²) in [6.45, 7) is 0. The van der Waals surface area contributed by atoms with Gasteiger partial charge in [0.1, 0.15) is 11.7 Å². The maximum absolute atomic E-state index is 13.0. The second-order valence-electron chi connectivity index (χ2n) is 5.83. The topological polar surface area (TPSA) is 63.7 Å². The van der Waals surface area contributed by atoms with Gasteiger partial charge in [-0.25, -0.2) is 9.69 Å². The van der Waals surface area contributed by atoms with E-state index < -0.39 is 17.9 Å². The molecule has 1 aliphatic rings. The SMILES string of the molecule is O=C(c1cccs1)C1C(=O)N(C(=O)Oc2ccccc2)c2ccc(Cl)cc21. The Bertz CT molecular complexity index is 1030. The number of carbonyl (C=O) groups excluding carboxylic acids is 3. The average Bonchev–Trinajstić information content (AvgIpc) is 3.28. The van der Waals surface area contributed by atoms with Gasteiger partial charge in [0, 0.05) is 5.02 Å². The average molecular weight is 398 g/mol. The maximum Gasteiger partial charge on any atom is 0.426 e. The zero-order valence-corrected chi connectivity index (χ0v) is 15.4. The highest BCUT2D eigenvalue weighted by Gasteiger charge is 2.46. The summed E-state index contributed by atoms with van der Waals surface area (Å²) in [6.07, 6.45) is -0.865. The van der Waals surface area contributed by atoms with E-state index in [2.05, 4.69) is 0 Å². The van der Waals surface area contributed by atoms with Gasteiger partial charge >= 0.3 is 6.09 Å². The lowest BCUT2D eigenvalue weighted by molar-refractivity contribution is -0.117. The number of ether oxygens (including phenoxy) is 1. The van der Waals surface area contributed by atoms with Crippen LogP contribution in [0.25, 0.3) is 0 Å². The summed E-state index contributed by atoms with van der Waals surface area (Å²) in [5.74, 6) is -1.83. The van der Waals surface area contributed by atoms with Gasteiger partial charge in [-0.15, -0.1) is 11.3 Å². The highest BCUT2D eigenvalue weighted by Crippen LogP contribution is 2.41. The van der Waals surface area contributed by atoms with E-state index in [1.54, 1.807) is 66.0 Å². The van der Waals surface area contributed by atoms with Gasteiger partial charge in [-0.05, 0) is 47.3 Å². The number of hydrogen-bond donors (Lipinski definition) is 0. The number of carbonyl (C=O) groups is 3. The minimum absolute atomic E-state index is 0.304. The quantitative estimate of drug-likeness (QED) is 0.465. The summed E-state index contributed by atoms with van der Waals surface area (Å²) in [5, 5.41) is 2.14. The van der Waals surface area contributed by atoms with Crippen LogP contribution in [0.1, 0.15) is 21.2 Å². The number of hydrogen-bond acceptors (Lipinski definition) is 5. The molecule has 134 valence electrons. The summed E-state index contributed by atoms with van der Waals surface area (Å²) in [7, 11) is 0. The number of fused-ring (bicyclic) bond motifs is 1. The number of rotatable bonds is 3. The van der Waals surface area contributed by atoms with Gasteiger partial charge in [-0.1, -0.05) is 35.9 Å². The molecule has 1 aliphatic heterocycles. The van der Waals surface area contributed by atoms with E-state index in [0.29, 0.717) is 26.9 Å². The Morgan fingerprint density at radius 2 is 1.81 bits per heavy atom. The molecule has 1 atom stereocenters. The first-order valence-corrected chi connectivity index (χ1v) is 9.30. The molecule has 0 aliphatic carbocycles. The van der Waals surface area contributed by atoms with Crippen molar-refractivity contribution in [2.24, 2.45) is 0 Å². The van der Waals surface area contributed by atoms with Crippen LogP contribution in [0.15, 0.2) is 66.0 Å². The van der Waals surface area contributed by atoms with E-state index in [1.165, 1.54) is 11.3 Å². The molecule has 2 amide bonds. The molecule has 1 unspecified atom stereocenters. The van der Waals surface area contributed by atoms with Crippen LogP contribution in [0, 0.1) is 0 Å². The first-order valence-electron chi connectivity index (χ1n) is 8.04. The first kappa shape index (κ1) is 17.5. The Hall–Kier alpha value is -2.96. The highest BCUT2D eigenvalue weighted by molar-refractivity contribution is 7.12. The summed E-state index contributed by atoms with van der Waals surface area (Å²) in [4.78, 5) is 39.9. The minimum Gasteiger partial charge on any atom is -0.410 e. The van der Waals surface area contributed by atoms with Crippen molar-refractivity contribution < 1.29 is 19.1 Å². The molecule has 0 bridgehead atoms. The predicted molar refractivity (Wildman–Crippen MR) is 103 cm³/mol. The smallest absolute Gasteiger partial charge is 0.410 e. The van der Waals surface area contributed by atoms with Crippen LogP contribution in [-0.4, -0.2) is 17.8 Å². The second kappa shape index (κ2) is 6.98. The third kappa shape index (κ3) is 3.13. The number of thiophene rings is 1. The van der Waals surface area contributed by atoms with Crippen molar-refractivity contribution in [1.29, 1.82) is 0 Å². The second-order valence-corrected chi connectivity index (χ2v) is 7.22. The first-order chi connectivity index (χ1) is 13.1. The molecule has 7 heteroatoms. The maximum atomic E-state index is 13.0. The molecular weight excluding hydrogens is 386 g/mol. The predicted octanol–water partition coefficient (Wildman–Crippen LogP) is 4.91. The number of ketones is 1. The van der Waals surface area contributed by atoms with E-state index in [4.69, 9.17) is 16.3 Å². The Morgan fingerprint density at radius 1 is 1.04 bits per heavy atom. The Morgan fingerprint density at radius 3 is 2.52 bits per heavy atom. The molecule has 0 saturated carbocycles. The third-order valence-electron chi connectivity index (χ3n) is 4.17. The van der Waals surface area contributed by atoms with E-state index in [9.17, 15) is 14.4 Å². The number of anilines is 1. The fourth-order valence-corrected chi connectivity index (χ4v) is 3.85. The molecule has 2 aromatic carbocycles. The van der Waals surface area contributed by atoms with Crippen molar-refractivity contribution in [1.82, 2.24) is 0 Å². The molecule has 4 rings (SSSR count). The van der Waals surface area contributed by atoms with Crippen LogP contribution in [0.2, 0.25) is 5.02 Å². The van der Waals surface area contributed by atoms with Crippen LogP contribution in [-0.2, 0) is 4.79 Å². The van der Waals surface area contributed by atoms with Crippen LogP contribution in [0.3, 0.4) is 0 Å². The van der Waals surface area contributed by atoms with Gasteiger partial charge in [0.25, 0.3) is 5.91 Å². The number of benzene rings is 2. The molecular formula is C20H12ClNO4S. The Labute approximate surface area is 163 Å².